The molecule has 0 heterocycles. The van der Waals surface area contributed by atoms with Crippen LogP contribution in [-0.4, -0.2) is 37.6 Å². The standard InChI is InChI=1S/C15H23F2NO3/c1-11(18-10-15(2,19)7-8-20-3)12-5-4-6-13(9-12)21-14(16)17/h4-6,9,11,14,18-19H,7-8,10H2,1-3H3. The second kappa shape index (κ2) is 8.26. The monoisotopic (exact) mass is 303 g/mol. The van der Waals surface area contributed by atoms with Crippen LogP contribution in [0.2, 0.25) is 0 Å². The molecule has 0 bridgehead atoms. The summed E-state index contributed by atoms with van der Waals surface area (Å²) in [6.45, 7) is 1.63. The van der Waals surface area contributed by atoms with Crippen molar-refractivity contribution in [3.05, 3.63) is 29.8 Å². The predicted molar refractivity (Wildman–Crippen MR) is 76.6 cm³/mol. The van der Waals surface area contributed by atoms with Gasteiger partial charge < -0.3 is 19.9 Å². The third-order valence-electron chi connectivity index (χ3n) is 3.22. The number of halogens is 2. The van der Waals surface area contributed by atoms with Crippen LogP contribution in [0.3, 0.4) is 0 Å². The molecule has 0 aliphatic carbocycles. The first kappa shape index (κ1) is 17.8. The number of aliphatic hydroxyl groups is 1. The van der Waals surface area contributed by atoms with Crippen molar-refractivity contribution in [1.82, 2.24) is 5.32 Å². The number of alkyl halides is 2. The van der Waals surface area contributed by atoms with Gasteiger partial charge in [-0.15, -0.1) is 0 Å². The zero-order valence-corrected chi connectivity index (χ0v) is 12.6. The van der Waals surface area contributed by atoms with Crippen LogP contribution in [0.1, 0.15) is 31.9 Å². The summed E-state index contributed by atoms with van der Waals surface area (Å²) < 4.78 is 33.7. The average Bonchev–Trinajstić information content (AvgIpc) is 2.42. The van der Waals surface area contributed by atoms with E-state index in [9.17, 15) is 13.9 Å². The summed E-state index contributed by atoms with van der Waals surface area (Å²) in [5.41, 5.74) is -0.0721. The van der Waals surface area contributed by atoms with Crippen LogP contribution in [0, 0.1) is 0 Å². The zero-order valence-electron chi connectivity index (χ0n) is 12.6. The minimum atomic E-state index is -2.83. The molecule has 0 fully saturated rings. The first-order valence-corrected chi connectivity index (χ1v) is 6.83. The van der Waals surface area contributed by atoms with Gasteiger partial charge in [0.25, 0.3) is 0 Å². The van der Waals surface area contributed by atoms with E-state index in [0.29, 0.717) is 19.6 Å². The highest BCUT2D eigenvalue weighted by atomic mass is 19.3. The van der Waals surface area contributed by atoms with Crippen LogP contribution in [0.5, 0.6) is 5.75 Å². The van der Waals surface area contributed by atoms with Crippen LogP contribution in [0.4, 0.5) is 8.78 Å². The lowest BCUT2D eigenvalue weighted by Crippen LogP contribution is -2.39. The Kier molecular flexibility index (Phi) is 7.01. The highest BCUT2D eigenvalue weighted by Gasteiger charge is 2.21. The van der Waals surface area contributed by atoms with Gasteiger partial charge in [0.2, 0.25) is 0 Å². The van der Waals surface area contributed by atoms with Crippen molar-refractivity contribution in [2.45, 2.75) is 38.5 Å². The van der Waals surface area contributed by atoms with Crippen molar-refractivity contribution >= 4 is 0 Å². The fraction of sp³-hybridized carbons (Fsp3) is 0.600. The van der Waals surface area contributed by atoms with E-state index >= 15 is 0 Å². The van der Waals surface area contributed by atoms with E-state index in [-0.39, 0.29) is 11.8 Å². The molecule has 2 N–H and O–H groups in total. The van der Waals surface area contributed by atoms with E-state index in [1.165, 1.54) is 6.07 Å². The molecule has 1 aromatic rings. The zero-order chi connectivity index (χ0) is 15.9. The Labute approximate surface area is 124 Å². The molecular formula is C15H23F2NO3. The highest BCUT2D eigenvalue weighted by molar-refractivity contribution is 5.30. The number of methoxy groups -OCH3 is 1. The van der Waals surface area contributed by atoms with Gasteiger partial charge in [0.15, 0.2) is 0 Å². The van der Waals surface area contributed by atoms with E-state index in [1.807, 2.05) is 13.0 Å². The Morgan fingerprint density at radius 2 is 2.10 bits per heavy atom. The summed E-state index contributed by atoms with van der Waals surface area (Å²) >= 11 is 0. The Balaban J connectivity index is 2.57. The maximum atomic E-state index is 12.2. The molecule has 2 atom stereocenters. The van der Waals surface area contributed by atoms with Gasteiger partial charge in [-0.05, 0) is 31.5 Å². The summed E-state index contributed by atoms with van der Waals surface area (Å²) in [6, 6.07) is 6.43. The molecule has 2 unspecified atom stereocenters. The van der Waals surface area contributed by atoms with Crippen molar-refractivity contribution < 1.29 is 23.4 Å². The topological polar surface area (TPSA) is 50.7 Å². The van der Waals surface area contributed by atoms with Gasteiger partial charge in [-0.2, -0.15) is 8.78 Å². The van der Waals surface area contributed by atoms with Gasteiger partial charge in [0.05, 0.1) is 5.60 Å². The van der Waals surface area contributed by atoms with Crippen LogP contribution >= 0.6 is 0 Å². The smallest absolute Gasteiger partial charge is 0.387 e. The SMILES string of the molecule is COCCC(C)(O)CNC(C)c1cccc(OC(F)F)c1. The van der Waals surface area contributed by atoms with E-state index in [0.717, 1.165) is 5.56 Å². The first-order chi connectivity index (χ1) is 9.84. The van der Waals surface area contributed by atoms with Crippen molar-refractivity contribution in [2.75, 3.05) is 20.3 Å². The van der Waals surface area contributed by atoms with Gasteiger partial charge >= 0.3 is 6.61 Å². The van der Waals surface area contributed by atoms with E-state index in [1.54, 1.807) is 26.2 Å². The van der Waals surface area contributed by atoms with Crippen molar-refractivity contribution in [1.29, 1.82) is 0 Å². The number of hydrogen-bond acceptors (Lipinski definition) is 4. The predicted octanol–water partition coefficient (Wildman–Crippen LogP) is 2.73. The molecule has 0 radical (unpaired) electrons. The molecule has 4 nitrogen and oxygen atoms in total. The first-order valence-electron chi connectivity index (χ1n) is 6.83. The Hall–Kier alpha value is -1.24. The number of ether oxygens (including phenoxy) is 2. The molecule has 21 heavy (non-hydrogen) atoms. The second-order valence-electron chi connectivity index (χ2n) is 5.29. The molecule has 0 spiro atoms. The van der Waals surface area contributed by atoms with Crippen molar-refractivity contribution in [3.63, 3.8) is 0 Å². The van der Waals surface area contributed by atoms with Gasteiger partial charge in [0.1, 0.15) is 5.75 Å². The van der Waals surface area contributed by atoms with Crippen LogP contribution < -0.4 is 10.1 Å². The normalized spacial score (nSPS) is 15.8. The van der Waals surface area contributed by atoms with Crippen LogP contribution in [0.15, 0.2) is 24.3 Å². The Morgan fingerprint density at radius 1 is 1.38 bits per heavy atom. The number of benzene rings is 1. The molecule has 0 aromatic heterocycles. The van der Waals surface area contributed by atoms with E-state index < -0.39 is 12.2 Å². The molecule has 0 aliphatic rings. The summed E-state index contributed by atoms with van der Waals surface area (Å²) in [7, 11) is 1.58. The van der Waals surface area contributed by atoms with E-state index in [2.05, 4.69) is 10.1 Å². The Morgan fingerprint density at radius 3 is 2.71 bits per heavy atom. The van der Waals surface area contributed by atoms with Gasteiger partial charge in [-0.3, -0.25) is 0 Å². The molecule has 1 rings (SSSR count). The van der Waals surface area contributed by atoms with Gasteiger partial charge in [0, 0.05) is 32.7 Å². The minimum absolute atomic E-state index is 0.0970. The largest absolute Gasteiger partial charge is 0.435 e. The number of rotatable bonds is 9. The quantitative estimate of drug-likeness (QED) is 0.736. The van der Waals surface area contributed by atoms with Gasteiger partial charge in [-0.1, -0.05) is 12.1 Å². The fourth-order valence-corrected chi connectivity index (χ4v) is 1.86. The highest BCUT2D eigenvalue weighted by Crippen LogP contribution is 2.21. The molecule has 0 saturated carbocycles. The summed E-state index contributed by atoms with van der Waals surface area (Å²) in [5.74, 6) is 0.127. The lowest BCUT2D eigenvalue weighted by atomic mass is 10.0. The van der Waals surface area contributed by atoms with Crippen molar-refractivity contribution in [3.8, 4) is 5.75 Å². The van der Waals surface area contributed by atoms with Gasteiger partial charge in [-0.25, -0.2) is 0 Å². The van der Waals surface area contributed by atoms with Crippen LogP contribution in [0.25, 0.3) is 0 Å². The molecule has 0 aliphatic heterocycles. The summed E-state index contributed by atoms with van der Waals surface area (Å²) in [5, 5.41) is 13.3. The maximum Gasteiger partial charge on any atom is 0.387 e. The minimum Gasteiger partial charge on any atom is -0.435 e. The summed E-state index contributed by atoms with van der Waals surface area (Å²) in [4.78, 5) is 0. The van der Waals surface area contributed by atoms with Crippen LogP contribution in [-0.2, 0) is 4.74 Å². The molecule has 1 aromatic carbocycles. The number of hydrogen-bond donors (Lipinski definition) is 2. The fourth-order valence-electron chi connectivity index (χ4n) is 1.86. The third-order valence-corrected chi connectivity index (χ3v) is 3.22. The molecule has 0 saturated heterocycles. The lowest BCUT2D eigenvalue weighted by molar-refractivity contribution is -0.0499. The maximum absolute atomic E-state index is 12.2. The van der Waals surface area contributed by atoms with E-state index in [4.69, 9.17) is 4.74 Å². The second-order valence-corrected chi connectivity index (χ2v) is 5.29. The molecular weight excluding hydrogens is 280 g/mol. The summed E-state index contributed by atoms with van der Waals surface area (Å²) in [6.07, 6.45) is 0.512. The third kappa shape index (κ3) is 6.84. The van der Waals surface area contributed by atoms with Crippen molar-refractivity contribution in [2.24, 2.45) is 0 Å². The molecule has 6 heteroatoms. The number of nitrogens with one attached hydrogen (secondary N) is 1. The molecule has 120 valence electrons. The average molecular weight is 303 g/mol. The Bertz CT molecular complexity index is 427. The lowest BCUT2D eigenvalue weighted by Gasteiger charge is -2.26. The molecule has 0 amide bonds.